The first-order valence-electron chi connectivity index (χ1n) is 4.17. The highest BCUT2D eigenvalue weighted by molar-refractivity contribution is 5.76. The molecule has 0 spiro atoms. The smallest absolute Gasteiger partial charge is 0.251 e. The molecular formula is C9H6N4O. The zero-order valence-corrected chi connectivity index (χ0v) is 7.14. The molecule has 5 heteroatoms. The van der Waals surface area contributed by atoms with Crippen LogP contribution in [0.4, 0.5) is 0 Å². The molecule has 0 atom stereocenters. The second-order valence-electron chi connectivity index (χ2n) is 2.97. The number of aromatic amines is 1. The van der Waals surface area contributed by atoms with Gasteiger partial charge in [0.2, 0.25) is 0 Å². The molecule has 2 heterocycles. The fourth-order valence-electron chi connectivity index (χ4n) is 1.52. The van der Waals surface area contributed by atoms with E-state index in [1.54, 1.807) is 6.20 Å². The first kappa shape index (κ1) is 7.25. The molecule has 3 aromatic rings. The SMILES string of the molecule is O=c1[nH]nc2cnc3ccccc3n12. The number of fused-ring (bicyclic) bond motifs is 3. The average molecular weight is 186 g/mol. The zero-order chi connectivity index (χ0) is 9.54. The summed E-state index contributed by atoms with van der Waals surface area (Å²) in [5.41, 5.74) is 1.85. The van der Waals surface area contributed by atoms with Crippen LogP contribution >= 0.6 is 0 Å². The number of aromatic nitrogens is 4. The summed E-state index contributed by atoms with van der Waals surface area (Å²) in [6.07, 6.45) is 1.57. The molecule has 68 valence electrons. The van der Waals surface area contributed by atoms with E-state index in [2.05, 4.69) is 15.2 Å². The number of H-pyrrole nitrogens is 1. The minimum absolute atomic E-state index is 0.237. The van der Waals surface area contributed by atoms with Gasteiger partial charge in [-0.15, -0.1) is 0 Å². The second-order valence-corrected chi connectivity index (χ2v) is 2.97. The molecule has 0 radical (unpaired) electrons. The lowest BCUT2D eigenvalue weighted by Gasteiger charge is -1.97. The van der Waals surface area contributed by atoms with Crippen LogP contribution in [0.5, 0.6) is 0 Å². The summed E-state index contributed by atoms with van der Waals surface area (Å²) in [5, 5.41) is 6.22. The van der Waals surface area contributed by atoms with E-state index in [4.69, 9.17) is 0 Å². The third kappa shape index (κ3) is 0.806. The molecule has 1 N–H and O–H groups in total. The monoisotopic (exact) mass is 186 g/mol. The summed E-state index contributed by atoms with van der Waals surface area (Å²) >= 11 is 0. The van der Waals surface area contributed by atoms with Gasteiger partial charge in [0.05, 0.1) is 17.2 Å². The van der Waals surface area contributed by atoms with Crippen LogP contribution in [0.2, 0.25) is 0 Å². The molecule has 0 saturated carbocycles. The predicted octanol–water partition coefficient (Wildman–Crippen LogP) is 0.571. The number of nitrogens with zero attached hydrogens (tertiary/aromatic N) is 3. The lowest BCUT2D eigenvalue weighted by Crippen LogP contribution is -2.10. The standard InChI is InChI=1S/C9H6N4O/c14-9-12-11-8-5-10-6-3-1-2-4-7(6)13(8)9/h1-5H,(H,12,14). The third-order valence-corrected chi connectivity index (χ3v) is 2.14. The molecule has 0 fully saturated rings. The van der Waals surface area contributed by atoms with Gasteiger partial charge in [0, 0.05) is 0 Å². The predicted molar refractivity (Wildman–Crippen MR) is 51.1 cm³/mol. The molecule has 14 heavy (non-hydrogen) atoms. The molecule has 0 aliphatic heterocycles. The summed E-state index contributed by atoms with van der Waals surface area (Å²) < 4.78 is 1.50. The lowest BCUT2D eigenvalue weighted by atomic mass is 10.3. The largest absolute Gasteiger partial charge is 0.348 e. The number of hydrogen-bond acceptors (Lipinski definition) is 3. The summed E-state index contributed by atoms with van der Waals surface area (Å²) in [6.45, 7) is 0. The van der Waals surface area contributed by atoms with Gasteiger partial charge < -0.3 is 0 Å². The van der Waals surface area contributed by atoms with Gasteiger partial charge in [-0.2, -0.15) is 5.10 Å². The highest BCUT2D eigenvalue weighted by Crippen LogP contribution is 2.09. The molecule has 3 rings (SSSR count). The molecule has 1 aromatic carbocycles. The Morgan fingerprint density at radius 3 is 3.07 bits per heavy atom. The van der Waals surface area contributed by atoms with Crippen molar-refractivity contribution in [2.75, 3.05) is 0 Å². The minimum atomic E-state index is -0.237. The Morgan fingerprint density at radius 1 is 1.29 bits per heavy atom. The fourth-order valence-corrected chi connectivity index (χ4v) is 1.52. The Morgan fingerprint density at radius 2 is 2.14 bits per heavy atom. The number of benzene rings is 1. The summed E-state index contributed by atoms with van der Waals surface area (Å²) in [7, 11) is 0. The first-order chi connectivity index (χ1) is 6.86. The zero-order valence-electron chi connectivity index (χ0n) is 7.14. The second kappa shape index (κ2) is 2.41. The van der Waals surface area contributed by atoms with Crippen molar-refractivity contribution < 1.29 is 0 Å². The quantitative estimate of drug-likeness (QED) is 0.558. The Labute approximate surface area is 78.0 Å². The van der Waals surface area contributed by atoms with Crippen molar-refractivity contribution in [2.24, 2.45) is 0 Å². The van der Waals surface area contributed by atoms with Crippen LogP contribution in [0.15, 0.2) is 35.3 Å². The van der Waals surface area contributed by atoms with Gasteiger partial charge in [0.25, 0.3) is 0 Å². The maximum absolute atomic E-state index is 11.4. The van der Waals surface area contributed by atoms with E-state index in [9.17, 15) is 4.79 Å². The fraction of sp³-hybridized carbons (Fsp3) is 0. The molecule has 0 unspecified atom stereocenters. The number of hydrogen-bond donors (Lipinski definition) is 1. The van der Waals surface area contributed by atoms with Crippen LogP contribution < -0.4 is 5.69 Å². The Hall–Kier alpha value is -2.17. The number of para-hydroxylation sites is 2. The Bertz CT molecular complexity index is 667. The normalized spacial score (nSPS) is 11.1. The van der Waals surface area contributed by atoms with Crippen LogP contribution in [-0.2, 0) is 0 Å². The van der Waals surface area contributed by atoms with Gasteiger partial charge in [-0.3, -0.25) is 4.98 Å². The maximum Gasteiger partial charge on any atom is 0.348 e. The summed E-state index contributed by atoms with van der Waals surface area (Å²) in [4.78, 5) is 15.6. The molecule has 0 saturated heterocycles. The molecule has 0 bridgehead atoms. The van der Waals surface area contributed by atoms with E-state index in [0.29, 0.717) is 5.65 Å². The van der Waals surface area contributed by atoms with Crippen LogP contribution in [-0.4, -0.2) is 19.6 Å². The van der Waals surface area contributed by atoms with Gasteiger partial charge in [0.1, 0.15) is 0 Å². The van der Waals surface area contributed by atoms with E-state index in [0.717, 1.165) is 11.0 Å². The third-order valence-electron chi connectivity index (χ3n) is 2.14. The van der Waals surface area contributed by atoms with Gasteiger partial charge in [-0.05, 0) is 12.1 Å². The Kier molecular flexibility index (Phi) is 1.25. The highest BCUT2D eigenvalue weighted by atomic mass is 16.1. The minimum Gasteiger partial charge on any atom is -0.251 e. The summed E-state index contributed by atoms with van der Waals surface area (Å²) in [5.74, 6) is 0. The molecule has 5 nitrogen and oxygen atoms in total. The van der Waals surface area contributed by atoms with Crippen molar-refractivity contribution in [3.8, 4) is 0 Å². The summed E-state index contributed by atoms with van der Waals surface area (Å²) in [6, 6.07) is 7.44. The number of rotatable bonds is 0. The number of nitrogens with one attached hydrogen (secondary N) is 1. The van der Waals surface area contributed by atoms with Crippen LogP contribution in [0.1, 0.15) is 0 Å². The maximum atomic E-state index is 11.4. The topological polar surface area (TPSA) is 63.0 Å². The van der Waals surface area contributed by atoms with Crippen molar-refractivity contribution in [1.29, 1.82) is 0 Å². The van der Waals surface area contributed by atoms with Gasteiger partial charge >= 0.3 is 5.69 Å². The van der Waals surface area contributed by atoms with Crippen LogP contribution in [0.25, 0.3) is 16.7 Å². The van der Waals surface area contributed by atoms with Gasteiger partial charge in [0.15, 0.2) is 5.65 Å². The van der Waals surface area contributed by atoms with E-state index < -0.39 is 0 Å². The molecule has 0 aliphatic rings. The van der Waals surface area contributed by atoms with Crippen LogP contribution in [0, 0.1) is 0 Å². The van der Waals surface area contributed by atoms with Crippen molar-refractivity contribution >= 4 is 16.7 Å². The van der Waals surface area contributed by atoms with E-state index in [-0.39, 0.29) is 5.69 Å². The van der Waals surface area contributed by atoms with Crippen molar-refractivity contribution in [2.45, 2.75) is 0 Å². The highest BCUT2D eigenvalue weighted by Gasteiger charge is 2.03. The van der Waals surface area contributed by atoms with Gasteiger partial charge in [-0.1, -0.05) is 12.1 Å². The average Bonchev–Trinajstić information content (AvgIpc) is 2.61. The van der Waals surface area contributed by atoms with Crippen molar-refractivity contribution in [3.05, 3.63) is 40.9 Å². The van der Waals surface area contributed by atoms with Crippen LogP contribution in [0.3, 0.4) is 0 Å². The molecule has 2 aromatic heterocycles. The van der Waals surface area contributed by atoms with Crippen molar-refractivity contribution in [3.63, 3.8) is 0 Å². The molecule has 0 amide bonds. The Balaban J connectivity index is 2.72. The van der Waals surface area contributed by atoms with Crippen molar-refractivity contribution in [1.82, 2.24) is 19.6 Å². The first-order valence-corrected chi connectivity index (χ1v) is 4.17. The van der Waals surface area contributed by atoms with E-state index >= 15 is 0 Å². The lowest BCUT2D eigenvalue weighted by molar-refractivity contribution is 1.04. The molecular weight excluding hydrogens is 180 g/mol. The van der Waals surface area contributed by atoms with Gasteiger partial charge in [-0.25, -0.2) is 14.3 Å². The molecule has 0 aliphatic carbocycles. The van der Waals surface area contributed by atoms with E-state index in [1.165, 1.54) is 4.40 Å². The van der Waals surface area contributed by atoms with E-state index in [1.807, 2.05) is 24.3 Å².